The second kappa shape index (κ2) is 7.58. The summed E-state index contributed by atoms with van der Waals surface area (Å²) in [7, 11) is -1.06. The van der Waals surface area contributed by atoms with Gasteiger partial charge < -0.3 is 14.7 Å². The molecule has 1 aromatic heterocycles. The van der Waals surface area contributed by atoms with Gasteiger partial charge in [0.2, 0.25) is 0 Å². The molecule has 8 nitrogen and oxygen atoms in total. The molecule has 1 N–H and O–H groups in total. The van der Waals surface area contributed by atoms with Crippen molar-refractivity contribution in [2.75, 3.05) is 32.5 Å². The molecule has 3 heterocycles. The monoisotopic (exact) mass is 411 g/mol. The molecule has 0 radical (unpaired) electrons. The summed E-state index contributed by atoms with van der Waals surface area (Å²) in [6.45, 7) is 3.46. The van der Waals surface area contributed by atoms with Crippen molar-refractivity contribution in [2.24, 2.45) is 5.92 Å². The molecule has 0 aliphatic carbocycles. The van der Waals surface area contributed by atoms with E-state index in [0.717, 1.165) is 5.69 Å². The summed E-state index contributed by atoms with van der Waals surface area (Å²) < 4.78 is 61.3. The number of likely N-dealkylation sites (tertiary alicyclic amines) is 1. The first-order valence-corrected chi connectivity index (χ1v) is 9.66. The van der Waals surface area contributed by atoms with Crippen LogP contribution in [0.2, 0.25) is 0 Å². The van der Waals surface area contributed by atoms with Gasteiger partial charge in [0.05, 0.1) is 12.4 Å². The zero-order chi connectivity index (χ0) is 20.5. The van der Waals surface area contributed by atoms with Gasteiger partial charge in [0.15, 0.2) is 9.84 Å². The molecular weight excluding hydrogens is 391 g/mol. The van der Waals surface area contributed by atoms with E-state index in [1.54, 1.807) is 12.3 Å². The van der Waals surface area contributed by atoms with E-state index in [-0.39, 0.29) is 11.7 Å². The Labute approximate surface area is 154 Å². The van der Waals surface area contributed by atoms with E-state index in [0.29, 0.717) is 32.1 Å². The number of ether oxygens (including phenoxy) is 1. The first-order chi connectivity index (χ1) is 12.4. The van der Waals surface area contributed by atoms with Crippen molar-refractivity contribution >= 4 is 15.8 Å². The zero-order valence-electron chi connectivity index (χ0n) is 14.7. The molecular formula is C15H20F3N3O5S. The van der Waals surface area contributed by atoms with Gasteiger partial charge in [-0.2, -0.15) is 13.2 Å². The Morgan fingerprint density at radius 3 is 2.52 bits per heavy atom. The van der Waals surface area contributed by atoms with Crippen LogP contribution in [0.1, 0.15) is 12.1 Å². The number of nitrogens with zero attached hydrogens (tertiary/aromatic N) is 3. The number of carbonyl (C=O) groups is 1. The van der Waals surface area contributed by atoms with Gasteiger partial charge in [-0.3, -0.25) is 0 Å². The number of aliphatic carboxylic acids is 1. The van der Waals surface area contributed by atoms with Gasteiger partial charge in [-0.25, -0.2) is 23.2 Å². The van der Waals surface area contributed by atoms with Crippen molar-refractivity contribution in [3.63, 3.8) is 0 Å². The predicted octanol–water partition coefficient (Wildman–Crippen LogP) is 0.916. The molecule has 3 rings (SSSR count). The lowest BCUT2D eigenvalue weighted by molar-refractivity contribution is -0.192. The summed E-state index contributed by atoms with van der Waals surface area (Å²) in [4.78, 5) is 19.2. The average molecular weight is 411 g/mol. The summed E-state index contributed by atoms with van der Waals surface area (Å²) >= 11 is 0. The summed E-state index contributed by atoms with van der Waals surface area (Å²) in [6.07, 6.45) is -2.77. The van der Waals surface area contributed by atoms with Crippen LogP contribution < -0.4 is 4.74 Å². The Kier molecular flexibility index (Phi) is 6.00. The number of hydrogen-bond donors (Lipinski definition) is 1. The van der Waals surface area contributed by atoms with Crippen molar-refractivity contribution in [1.82, 2.24) is 14.9 Å². The number of aryl methyl sites for hydroxylation is 1. The summed E-state index contributed by atoms with van der Waals surface area (Å²) in [5.41, 5.74) is 0.840. The van der Waals surface area contributed by atoms with Crippen LogP contribution in [0.4, 0.5) is 13.2 Å². The Morgan fingerprint density at radius 1 is 1.44 bits per heavy atom. The van der Waals surface area contributed by atoms with Crippen LogP contribution >= 0.6 is 0 Å². The standard InChI is InChI=1S/C13H19N3O3S.C2HF3O2/c1-10-3-5-14-12(15-10)19-7-11-4-6-20(17,18)13(11)8-16(2)9-13;3-2(4,5)1(6)7/h3,5,11H,4,6-9H2,1-2H3;(H,6,7). The molecule has 12 heteroatoms. The highest BCUT2D eigenvalue weighted by Gasteiger charge is 2.60. The fourth-order valence-corrected chi connectivity index (χ4v) is 5.78. The molecule has 1 aromatic rings. The maximum absolute atomic E-state index is 12.3. The third kappa shape index (κ3) is 4.67. The van der Waals surface area contributed by atoms with E-state index >= 15 is 0 Å². The molecule has 1 spiro atoms. The molecule has 27 heavy (non-hydrogen) atoms. The van der Waals surface area contributed by atoms with E-state index in [2.05, 4.69) is 9.97 Å². The number of carboxylic acids is 1. The van der Waals surface area contributed by atoms with Crippen LogP contribution in [-0.2, 0) is 14.6 Å². The normalized spacial score (nSPS) is 23.2. The predicted molar refractivity (Wildman–Crippen MR) is 88.1 cm³/mol. The highest BCUT2D eigenvalue weighted by molar-refractivity contribution is 7.93. The van der Waals surface area contributed by atoms with E-state index in [4.69, 9.17) is 14.6 Å². The highest BCUT2D eigenvalue weighted by atomic mass is 32.2. The van der Waals surface area contributed by atoms with Gasteiger partial charge in [0.1, 0.15) is 4.75 Å². The topological polar surface area (TPSA) is 110 Å². The number of alkyl halides is 3. The lowest BCUT2D eigenvalue weighted by Gasteiger charge is -2.48. The molecule has 0 aromatic carbocycles. The minimum absolute atomic E-state index is 0.0350. The van der Waals surface area contributed by atoms with Crippen molar-refractivity contribution in [1.29, 1.82) is 0 Å². The largest absolute Gasteiger partial charge is 0.490 e. The van der Waals surface area contributed by atoms with Crippen molar-refractivity contribution < 1.29 is 36.2 Å². The third-order valence-electron chi connectivity index (χ3n) is 4.60. The van der Waals surface area contributed by atoms with Crippen LogP contribution in [0.25, 0.3) is 0 Å². The van der Waals surface area contributed by atoms with Gasteiger partial charge >= 0.3 is 18.2 Å². The van der Waals surface area contributed by atoms with Crippen LogP contribution in [-0.4, -0.2) is 77.8 Å². The fourth-order valence-electron chi connectivity index (χ4n) is 3.25. The zero-order valence-corrected chi connectivity index (χ0v) is 15.5. The van der Waals surface area contributed by atoms with Gasteiger partial charge in [-0.15, -0.1) is 0 Å². The van der Waals surface area contributed by atoms with Gasteiger partial charge in [-0.05, 0) is 26.5 Å². The molecule has 1 unspecified atom stereocenters. The molecule has 2 aliphatic heterocycles. The number of halogens is 3. The molecule has 2 aliphatic rings. The Morgan fingerprint density at radius 2 is 2.04 bits per heavy atom. The first kappa shape index (κ1) is 21.4. The summed E-state index contributed by atoms with van der Waals surface area (Å²) in [6, 6.07) is 2.13. The van der Waals surface area contributed by atoms with Gasteiger partial charge in [-0.1, -0.05) is 0 Å². The highest BCUT2D eigenvalue weighted by Crippen LogP contribution is 2.44. The molecule has 0 saturated carbocycles. The molecule has 152 valence electrons. The minimum Gasteiger partial charge on any atom is -0.475 e. The van der Waals surface area contributed by atoms with E-state index in [9.17, 15) is 21.6 Å². The van der Waals surface area contributed by atoms with Crippen molar-refractivity contribution in [3.8, 4) is 6.01 Å². The summed E-state index contributed by atoms with van der Waals surface area (Å²) in [5, 5.41) is 7.12. The number of rotatable bonds is 3. The minimum atomic E-state index is -5.08. The molecule has 0 bridgehead atoms. The maximum Gasteiger partial charge on any atom is 0.490 e. The van der Waals surface area contributed by atoms with Crippen LogP contribution in [0.5, 0.6) is 6.01 Å². The number of hydrogen-bond acceptors (Lipinski definition) is 7. The lowest BCUT2D eigenvalue weighted by Crippen LogP contribution is -2.66. The lowest BCUT2D eigenvalue weighted by atomic mass is 9.84. The SMILES string of the molecule is Cc1ccnc(OCC2CCS(=O)(=O)C23CN(C)C3)n1.O=C(O)C(F)(F)F. The van der Waals surface area contributed by atoms with Crippen LogP contribution in [0.15, 0.2) is 12.3 Å². The quantitative estimate of drug-likeness (QED) is 0.782. The van der Waals surface area contributed by atoms with Gasteiger partial charge in [0.25, 0.3) is 0 Å². The molecule has 1 atom stereocenters. The van der Waals surface area contributed by atoms with Crippen molar-refractivity contribution in [3.05, 3.63) is 18.0 Å². The average Bonchev–Trinajstić information content (AvgIpc) is 2.77. The Balaban J connectivity index is 0.000000321. The Hall–Kier alpha value is -1.95. The second-order valence-corrected chi connectivity index (χ2v) is 9.09. The van der Waals surface area contributed by atoms with E-state index in [1.807, 2.05) is 18.9 Å². The number of aromatic nitrogens is 2. The molecule has 2 saturated heterocycles. The number of sulfone groups is 1. The van der Waals surface area contributed by atoms with Crippen molar-refractivity contribution in [2.45, 2.75) is 24.3 Å². The fraction of sp³-hybridized carbons (Fsp3) is 0.667. The van der Waals surface area contributed by atoms with Crippen LogP contribution in [0.3, 0.4) is 0 Å². The number of carboxylic acid groups (broad SMARTS) is 1. The Bertz CT molecular complexity index is 794. The maximum atomic E-state index is 12.3. The summed E-state index contributed by atoms with van der Waals surface area (Å²) in [5.74, 6) is -2.45. The van der Waals surface area contributed by atoms with E-state index < -0.39 is 26.7 Å². The smallest absolute Gasteiger partial charge is 0.475 e. The first-order valence-electron chi connectivity index (χ1n) is 8.01. The van der Waals surface area contributed by atoms with Gasteiger partial charge in [0, 0.05) is 30.9 Å². The third-order valence-corrected chi connectivity index (χ3v) is 7.21. The van der Waals surface area contributed by atoms with E-state index in [1.165, 1.54) is 0 Å². The molecule has 2 fully saturated rings. The molecule has 0 amide bonds. The second-order valence-electron chi connectivity index (χ2n) is 6.64. The van der Waals surface area contributed by atoms with Crippen LogP contribution in [0, 0.1) is 12.8 Å².